The average Bonchev–Trinajstić information content (AvgIpc) is 2.96. The summed E-state index contributed by atoms with van der Waals surface area (Å²) in [4.78, 5) is 29.5. The molecule has 1 aliphatic heterocycles. The Kier molecular flexibility index (Phi) is 10.8. The summed E-state index contributed by atoms with van der Waals surface area (Å²) in [6.45, 7) is 11.1. The van der Waals surface area contributed by atoms with Crippen LogP contribution in [0, 0.1) is 0 Å². The van der Waals surface area contributed by atoms with Crippen LogP contribution in [0.2, 0.25) is 0 Å². The molecular formula is C35H46N4O3. The molecule has 42 heavy (non-hydrogen) atoms. The zero-order chi connectivity index (χ0) is 30.1. The van der Waals surface area contributed by atoms with Crippen molar-refractivity contribution in [2.75, 3.05) is 24.5 Å². The first-order valence-corrected chi connectivity index (χ1v) is 15.1. The first-order valence-electron chi connectivity index (χ1n) is 15.1. The lowest BCUT2D eigenvalue weighted by atomic mass is 9.94. The maximum absolute atomic E-state index is 13.7. The number of likely N-dealkylation sites (tertiary alicyclic amines) is 1. The Morgan fingerprint density at radius 2 is 1.62 bits per heavy atom. The highest BCUT2D eigenvalue weighted by Gasteiger charge is 2.30. The van der Waals surface area contributed by atoms with Gasteiger partial charge in [0.2, 0.25) is 5.91 Å². The molecule has 3 N–H and O–H groups in total. The van der Waals surface area contributed by atoms with Crippen molar-refractivity contribution >= 4 is 17.7 Å². The number of hydrogen-bond donors (Lipinski definition) is 2. The fourth-order valence-corrected chi connectivity index (χ4v) is 5.63. The van der Waals surface area contributed by atoms with E-state index in [9.17, 15) is 9.59 Å². The minimum atomic E-state index is -0.668. The molecule has 3 aromatic carbocycles. The van der Waals surface area contributed by atoms with Crippen LogP contribution in [0.5, 0.6) is 0 Å². The normalized spacial score (nSPS) is 15.2. The van der Waals surface area contributed by atoms with Crippen LogP contribution >= 0.6 is 0 Å². The van der Waals surface area contributed by atoms with E-state index in [1.54, 1.807) is 4.90 Å². The molecule has 4 rings (SSSR count). The third-order valence-electron chi connectivity index (χ3n) is 7.63. The Hall–Kier alpha value is -3.68. The number of carbonyl (C=O) groups is 2. The van der Waals surface area contributed by atoms with Crippen molar-refractivity contribution in [2.24, 2.45) is 5.73 Å². The number of nitrogens with zero attached hydrogens (tertiary/aromatic N) is 2. The largest absolute Gasteiger partial charge is 0.443 e. The maximum Gasteiger partial charge on any atom is 0.414 e. The lowest BCUT2D eigenvalue weighted by molar-refractivity contribution is -0.118. The molecule has 0 aliphatic carbocycles. The van der Waals surface area contributed by atoms with E-state index in [-0.39, 0.29) is 18.4 Å². The molecule has 1 saturated heterocycles. The van der Waals surface area contributed by atoms with Gasteiger partial charge in [0.1, 0.15) is 5.60 Å². The van der Waals surface area contributed by atoms with Gasteiger partial charge < -0.3 is 15.8 Å². The number of primary amides is 1. The molecule has 0 radical (unpaired) electrons. The van der Waals surface area contributed by atoms with Crippen molar-refractivity contribution in [3.8, 4) is 11.1 Å². The van der Waals surface area contributed by atoms with Crippen molar-refractivity contribution < 1.29 is 14.3 Å². The van der Waals surface area contributed by atoms with Crippen LogP contribution in [0.25, 0.3) is 11.1 Å². The number of nitrogens with two attached hydrogens (primary N) is 1. The summed E-state index contributed by atoms with van der Waals surface area (Å²) in [6.07, 6.45) is 2.31. The Morgan fingerprint density at radius 3 is 2.24 bits per heavy atom. The second-order valence-corrected chi connectivity index (χ2v) is 12.2. The Bertz CT molecular complexity index is 1300. The molecule has 224 valence electrons. The highest BCUT2D eigenvalue weighted by atomic mass is 16.6. The topological polar surface area (TPSA) is 87.9 Å². The van der Waals surface area contributed by atoms with Gasteiger partial charge in [-0.1, -0.05) is 78.9 Å². The lowest BCUT2D eigenvalue weighted by Gasteiger charge is -2.36. The zero-order valence-electron chi connectivity index (χ0n) is 25.5. The summed E-state index contributed by atoms with van der Waals surface area (Å²) in [5, 5.41) is 3.88. The number of hydrogen-bond acceptors (Lipinski definition) is 5. The lowest BCUT2D eigenvalue weighted by Crippen LogP contribution is -2.43. The standard InChI is InChI=1S/C35H46N4O3/c1-26(37-29-20-23-38(24-21-29)25-27-13-7-5-8-14-27)30-17-11-18-31(28-15-9-6-10-16-28)33(30)39(22-12-19-32(36)40)34(41)42-35(2,3)4/h5-11,13-18,26,29,37H,12,19-25H2,1-4H3,(H2,36,40). The first-order chi connectivity index (χ1) is 20.1. The van der Waals surface area contributed by atoms with E-state index in [2.05, 4.69) is 77.8 Å². The van der Waals surface area contributed by atoms with E-state index < -0.39 is 11.7 Å². The van der Waals surface area contributed by atoms with Gasteiger partial charge in [0, 0.05) is 37.2 Å². The van der Waals surface area contributed by atoms with Crippen molar-refractivity contribution in [3.05, 3.63) is 90.0 Å². The predicted octanol–water partition coefficient (Wildman–Crippen LogP) is 6.68. The number of benzene rings is 3. The molecule has 2 amide bonds. The van der Waals surface area contributed by atoms with Gasteiger partial charge in [-0.15, -0.1) is 0 Å². The molecule has 0 aromatic heterocycles. The van der Waals surface area contributed by atoms with E-state index in [4.69, 9.17) is 10.5 Å². The Morgan fingerprint density at radius 1 is 0.976 bits per heavy atom. The molecule has 0 saturated carbocycles. The summed E-state index contributed by atoms with van der Waals surface area (Å²) in [6, 6.07) is 27.3. The van der Waals surface area contributed by atoms with Gasteiger partial charge >= 0.3 is 6.09 Å². The number of piperidine rings is 1. The summed E-state index contributed by atoms with van der Waals surface area (Å²) < 4.78 is 5.89. The number of amides is 2. The van der Waals surface area contributed by atoms with Gasteiger partial charge in [-0.25, -0.2) is 4.79 Å². The SMILES string of the molecule is CC(NC1CCN(Cc2ccccc2)CC1)c1cccc(-c2ccccc2)c1N(CCCC(N)=O)C(=O)OC(C)(C)C. The van der Waals surface area contributed by atoms with E-state index in [1.807, 2.05) is 39.0 Å². The van der Waals surface area contributed by atoms with Crippen LogP contribution in [0.1, 0.15) is 70.5 Å². The van der Waals surface area contributed by atoms with E-state index in [0.29, 0.717) is 19.0 Å². The Balaban J connectivity index is 1.60. The van der Waals surface area contributed by atoms with Gasteiger partial charge in [0.25, 0.3) is 0 Å². The number of rotatable bonds is 11. The fraction of sp³-hybridized carbons (Fsp3) is 0.429. The quantitative estimate of drug-likeness (QED) is 0.269. The van der Waals surface area contributed by atoms with E-state index in [1.165, 1.54) is 5.56 Å². The molecule has 1 fully saturated rings. The third-order valence-corrected chi connectivity index (χ3v) is 7.63. The Labute approximate surface area is 251 Å². The summed E-state index contributed by atoms with van der Waals surface area (Å²) in [5.74, 6) is -0.385. The minimum absolute atomic E-state index is 0.0181. The van der Waals surface area contributed by atoms with Crippen molar-refractivity contribution in [1.82, 2.24) is 10.2 Å². The number of ether oxygens (including phenoxy) is 1. The molecule has 3 aromatic rings. The second-order valence-electron chi connectivity index (χ2n) is 12.2. The predicted molar refractivity (Wildman–Crippen MR) is 170 cm³/mol. The molecule has 1 aliphatic rings. The molecule has 1 unspecified atom stereocenters. The van der Waals surface area contributed by atoms with Crippen LogP contribution in [0.15, 0.2) is 78.9 Å². The first kappa shape index (κ1) is 31.3. The number of anilines is 1. The summed E-state index contributed by atoms with van der Waals surface area (Å²) >= 11 is 0. The smallest absolute Gasteiger partial charge is 0.414 e. The van der Waals surface area contributed by atoms with Gasteiger partial charge in [-0.05, 0) is 76.7 Å². The second kappa shape index (κ2) is 14.5. The van der Waals surface area contributed by atoms with E-state index in [0.717, 1.165) is 54.9 Å². The number of nitrogens with one attached hydrogen (secondary N) is 1. The van der Waals surface area contributed by atoms with Crippen LogP contribution in [-0.4, -0.2) is 48.2 Å². The van der Waals surface area contributed by atoms with Crippen LogP contribution in [0.3, 0.4) is 0 Å². The van der Waals surface area contributed by atoms with Gasteiger partial charge in [-0.2, -0.15) is 0 Å². The minimum Gasteiger partial charge on any atom is -0.443 e. The molecule has 1 atom stereocenters. The molecule has 7 nitrogen and oxygen atoms in total. The highest BCUT2D eigenvalue weighted by Crippen LogP contribution is 2.38. The van der Waals surface area contributed by atoms with Crippen LogP contribution in [0.4, 0.5) is 10.5 Å². The van der Waals surface area contributed by atoms with Crippen molar-refractivity contribution in [1.29, 1.82) is 0 Å². The van der Waals surface area contributed by atoms with Crippen molar-refractivity contribution in [3.63, 3.8) is 0 Å². The molecule has 1 heterocycles. The number of para-hydroxylation sites is 1. The molecular weight excluding hydrogens is 524 g/mol. The fourth-order valence-electron chi connectivity index (χ4n) is 5.63. The van der Waals surface area contributed by atoms with Gasteiger partial charge in [0.15, 0.2) is 0 Å². The molecule has 7 heteroatoms. The molecule has 0 bridgehead atoms. The van der Waals surface area contributed by atoms with Crippen LogP contribution < -0.4 is 16.0 Å². The maximum atomic E-state index is 13.7. The van der Waals surface area contributed by atoms with Crippen molar-refractivity contribution in [2.45, 2.75) is 77.6 Å². The monoisotopic (exact) mass is 570 g/mol. The summed E-state index contributed by atoms with van der Waals surface area (Å²) in [5.41, 5.74) is 9.93. The third kappa shape index (κ3) is 8.91. The molecule has 0 spiro atoms. The van der Waals surface area contributed by atoms with Crippen LogP contribution in [-0.2, 0) is 16.1 Å². The summed E-state index contributed by atoms with van der Waals surface area (Å²) in [7, 11) is 0. The highest BCUT2D eigenvalue weighted by molar-refractivity contribution is 5.95. The zero-order valence-corrected chi connectivity index (χ0v) is 25.5. The van der Waals surface area contributed by atoms with Gasteiger partial charge in [0.05, 0.1) is 5.69 Å². The average molecular weight is 571 g/mol. The number of carbonyl (C=O) groups excluding carboxylic acids is 2. The van der Waals surface area contributed by atoms with Gasteiger partial charge in [-0.3, -0.25) is 14.6 Å². The van der Waals surface area contributed by atoms with E-state index >= 15 is 0 Å².